The zero-order valence-corrected chi connectivity index (χ0v) is 20.5. The average molecular weight is 557 g/mol. The second-order valence-electron chi connectivity index (χ2n) is 6.96. The van der Waals surface area contributed by atoms with Crippen LogP contribution >= 0.6 is 24.0 Å². The Labute approximate surface area is 200 Å². The molecule has 31 heavy (non-hydrogen) atoms. The summed E-state index contributed by atoms with van der Waals surface area (Å²) >= 11 is 0. The third-order valence-corrected chi connectivity index (χ3v) is 4.69. The van der Waals surface area contributed by atoms with Crippen LogP contribution in [0.3, 0.4) is 0 Å². The van der Waals surface area contributed by atoms with Crippen molar-refractivity contribution in [2.24, 2.45) is 10.9 Å². The number of nitrogens with zero attached hydrogens (tertiary/aromatic N) is 1. The fraction of sp³-hybridized carbons (Fsp3) is 0.667. The first-order chi connectivity index (χ1) is 14.6. The highest BCUT2D eigenvalue weighted by molar-refractivity contribution is 14.0. The molecule has 2 N–H and O–H groups in total. The summed E-state index contributed by atoms with van der Waals surface area (Å²) in [6.07, 6.45) is 2.97. The molecule has 2 rings (SSSR count). The van der Waals surface area contributed by atoms with Gasteiger partial charge in [0.2, 0.25) is 0 Å². The van der Waals surface area contributed by atoms with Crippen molar-refractivity contribution in [3.63, 3.8) is 0 Å². The number of ether oxygens (including phenoxy) is 4. The Morgan fingerprint density at radius 2 is 2.03 bits per heavy atom. The van der Waals surface area contributed by atoms with Crippen LogP contribution in [0.5, 0.6) is 11.5 Å². The summed E-state index contributed by atoms with van der Waals surface area (Å²) in [7, 11) is 1.52. The molecular formula is C21H34F2IN3O4. The highest BCUT2D eigenvalue weighted by atomic mass is 127. The van der Waals surface area contributed by atoms with Crippen molar-refractivity contribution in [3.8, 4) is 11.5 Å². The van der Waals surface area contributed by atoms with Crippen LogP contribution in [0.15, 0.2) is 23.2 Å². The monoisotopic (exact) mass is 557 g/mol. The molecular weight excluding hydrogens is 523 g/mol. The zero-order valence-electron chi connectivity index (χ0n) is 18.2. The number of methoxy groups -OCH3 is 1. The Hall–Kier alpha value is -1.40. The molecule has 0 saturated carbocycles. The van der Waals surface area contributed by atoms with Gasteiger partial charge in [-0.25, -0.2) is 4.99 Å². The summed E-state index contributed by atoms with van der Waals surface area (Å²) in [6, 6.07) is 4.69. The van der Waals surface area contributed by atoms with E-state index in [1.807, 2.05) is 6.92 Å². The van der Waals surface area contributed by atoms with Gasteiger partial charge in [-0.1, -0.05) is 0 Å². The molecule has 0 spiro atoms. The van der Waals surface area contributed by atoms with E-state index < -0.39 is 6.61 Å². The van der Waals surface area contributed by atoms with Crippen molar-refractivity contribution in [3.05, 3.63) is 23.8 Å². The standard InChI is InChI=1S/C21H33F2N3O4.HI/c1-3-24-21(25-9-4-10-29-15-16-7-11-28-12-8-16)26-14-17-13-18(27-2)5-6-19(17)30-20(22)23;/h5-6,13,16,20H,3-4,7-12,14-15H2,1-2H3,(H2,24,25,26);1H. The maximum atomic E-state index is 12.7. The van der Waals surface area contributed by atoms with E-state index in [9.17, 15) is 8.78 Å². The van der Waals surface area contributed by atoms with Gasteiger partial charge in [0, 0.05) is 45.1 Å². The molecule has 1 aromatic rings. The summed E-state index contributed by atoms with van der Waals surface area (Å²) in [5.74, 6) is 1.85. The number of rotatable bonds is 12. The highest BCUT2D eigenvalue weighted by Gasteiger charge is 2.13. The van der Waals surface area contributed by atoms with E-state index >= 15 is 0 Å². The smallest absolute Gasteiger partial charge is 0.387 e. The Morgan fingerprint density at radius 3 is 2.71 bits per heavy atom. The van der Waals surface area contributed by atoms with Crippen LogP contribution in [0.2, 0.25) is 0 Å². The van der Waals surface area contributed by atoms with Crippen LogP contribution in [0.1, 0.15) is 31.7 Å². The first kappa shape index (κ1) is 27.6. The Morgan fingerprint density at radius 1 is 1.26 bits per heavy atom. The van der Waals surface area contributed by atoms with Gasteiger partial charge in [0.1, 0.15) is 11.5 Å². The Balaban J connectivity index is 0.00000480. The molecule has 0 unspecified atom stereocenters. The van der Waals surface area contributed by atoms with E-state index in [2.05, 4.69) is 20.4 Å². The second kappa shape index (κ2) is 16.3. The van der Waals surface area contributed by atoms with Crippen LogP contribution < -0.4 is 20.1 Å². The number of hydrogen-bond donors (Lipinski definition) is 2. The first-order valence-corrected chi connectivity index (χ1v) is 10.4. The number of guanidine groups is 1. The lowest BCUT2D eigenvalue weighted by atomic mass is 10.0. The van der Waals surface area contributed by atoms with Crippen molar-refractivity contribution < 1.29 is 27.7 Å². The lowest BCUT2D eigenvalue weighted by Gasteiger charge is -2.21. The lowest BCUT2D eigenvalue weighted by Crippen LogP contribution is -2.38. The molecule has 0 aliphatic carbocycles. The molecule has 0 atom stereocenters. The maximum Gasteiger partial charge on any atom is 0.387 e. The fourth-order valence-corrected chi connectivity index (χ4v) is 3.07. The third kappa shape index (κ3) is 11.2. The minimum absolute atomic E-state index is 0. The number of alkyl halides is 2. The van der Waals surface area contributed by atoms with Crippen molar-refractivity contribution >= 4 is 29.9 Å². The quantitative estimate of drug-likeness (QED) is 0.176. The van der Waals surface area contributed by atoms with Gasteiger partial charge in [0.05, 0.1) is 13.7 Å². The molecule has 1 fully saturated rings. The predicted octanol–water partition coefficient (Wildman–Crippen LogP) is 3.80. The van der Waals surface area contributed by atoms with Gasteiger partial charge >= 0.3 is 6.61 Å². The molecule has 178 valence electrons. The van der Waals surface area contributed by atoms with Crippen LogP contribution in [-0.4, -0.2) is 59.2 Å². The van der Waals surface area contributed by atoms with Crippen molar-refractivity contribution in [2.75, 3.05) is 46.6 Å². The summed E-state index contributed by atoms with van der Waals surface area (Å²) in [6.45, 7) is 3.73. The average Bonchev–Trinajstić information content (AvgIpc) is 2.75. The Bertz CT molecular complexity index is 647. The van der Waals surface area contributed by atoms with Crippen molar-refractivity contribution in [1.29, 1.82) is 0 Å². The normalized spacial score (nSPS) is 14.8. The SMILES string of the molecule is CCNC(=NCc1cc(OC)ccc1OC(F)F)NCCCOCC1CCOCC1.I. The summed E-state index contributed by atoms with van der Waals surface area (Å²) in [5.41, 5.74) is 0.520. The van der Waals surface area contributed by atoms with Gasteiger partial charge in [-0.05, 0) is 50.3 Å². The van der Waals surface area contributed by atoms with Crippen LogP contribution in [0.25, 0.3) is 0 Å². The van der Waals surface area contributed by atoms with Gasteiger partial charge in [-0.2, -0.15) is 8.78 Å². The molecule has 0 amide bonds. The molecule has 0 radical (unpaired) electrons. The summed E-state index contributed by atoms with van der Waals surface area (Å²) < 4.78 is 46.2. The molecule has 1 aromatic carbocycles. The molecule has 1 saturated heterocycles. The number of nitrogens with one attached hydrogen (secondary N) is 2. The van der Waals surface area contributed by atoms with Crippen LogP contribution in [-0.2, 0) is 16.0 Å². The van der Waals surface area contributed by atoms with Gasteiger partial charge < -0.3 is 29.6 Å². The Kier molecular flexibility index (Phi) is 14.5. The predicted molar refractivity (Wildman–Crippen MR) is 127 cm³/mol. The van der Waals surface area contributed by atoms with Crippen LogP contribution in [0, 0.1) is 5.92 Å². The molecule has 10 heteroatoms. The van der Waals surface area contributed by atoms with Gasteiger partial charge in [-0.15, -0.1) is 24.0 Å². The van der Waals surface area contributed by atoms with Crippen molar-refractivity contribution in [1.82, 2.24) is 10.6 Å². The van der Waals surface area contributed by atoms with E-state index in [-0.39, 0.29) is 36.3 Å². The molecule has 0 aromatic heterocycles. The minimum atomic E-state index is -2.89. The largest absolute Gasteiger partial charge is 0.497 e. The first-order valence-electron chi connectivity index (χ1n) is 10.4. The molecule has 1 aliphatic heterocycles. The number of benzene rings is 1. The van der Waals surface area contributed by atoms with Crippen molar-refractivity contribution in [2.45, 2.75) is 39.3 Å². The van der Waals surface area contributed by atoms with E-state index in [0.717, 1.165) is 39.1 Å². The fourth-order valence-electron chi connectivity index (χ4n) is 3.07. The van der Waals surface area contributed by atoms with Crippen LogP contribution in [0.4, 0.5) is 8.78 Å². The second-order valence-corrected chi connectivity index (χ2v) is 6.96. The summed E-state index contributed by atoms with van der Waals surface area (Å²) in [4.78, 5) is 4.48. The lowest BCUT2D eigenvalue weighted by molar-refractivity contribution is -0.0504. The number of aliphatic imine (C=N–C) groups is 1. The zero-order chi connectivity index (χ0) is 21.6. The summed E-state index contributed by atoms with van der Waals surface area (Å²) in [5, 5.41) is 6.39. The van der Waals surface area contributed by atoms with Gasteiger partial charge in [0.25, 0.3) is 0 Å². The molecule has 0 bridgehead atoms. The molecule has 1 heterocycles. The molecule has 7 nitrogen and oxygen atoms in total. The minimum Gasteiger partial charge on any atom is -0.497 e. The third-order valence-electron chi connectivity index (χ3n) is 4.69. The number of hydrogen-bond acceptors (Lipinski definition) is 5. The topological polar surface area (TPSA) is 73.3 Å². The van der Waals surface area contributed by atoms with E-state index in [1.54, 1.807) is 12.1 Å². The highest BCUT2D eigenvalue weighted by Crippen LogP contribution is 2.26. The van der Waals surface area contributed by atoms with E-state index in [0.29, 0.717) is 42.9 Å². The van der Waals surface area contributed by atoms with Gasteiger partial charge in [-0.3, -0.25) is 0 Å². The van der Waals surface area contributed by atoms with E-state index in [1.165, 1.54) is 13.2 Å². The number of halogens is 3. The van der Waals surface area contributed by atoms with E-state index in [4.69, 9.17) is 14.2 Å². The molecule has 1 aliphatic rings. The maximum absolute atomic E-state index is 12.7. The van der Waals surface area contributed by atoms with Gasteiger partial charge in [0.15, 0.2) is 5.96 Å².